The smallest absolute Gasteiger partial charge is 0.340 e. The highest BCUT2D eigenvalue weighted by molar-refractivity contribution is 6.07. The summed E-state index contributed by atoms with van der Waals surface area (Å²) < 4.78 is 26.6. The van der Waals surface area contributed by atoms with Gasteiger partial charge in [-0.25, -0.2) is 19.2 Å². The highest BCUT2D eigenvalue weighted by Crippen LogP contribution is 2.36. The molecule has 218 valence electrons. The van der Waals surface area contributed by atoms with Gasteiger partial charge in [-0.1, -0.05) is 80.6 Å². The minimum absolute atomic E-state index is 0.288. The fraction of sp³-hybridized carbons (Fsp3) is 0.171. The van der Waals surface area contributed by atoms with E-state index in [1.807, 2.05) is 50.2 Å². The molecular formula is C35H33FN4O3. The first-order chi connectivity index (χ1) is 21.0. The van der Waals surface area contributed by atoms with E-state index in [4.69, 9.17) is 14.1 Å². The zero-order valence-corrected chi connectivity index (χ0v) is 24.6. The average Bonchev–Trinajstić information content (AvgIpc) is 3.69. The van der Waals surface area contributed by atoms with E-state index >= 15 is 4.39 Å². The fourth-order valence-electron chi connectivity index (χ4n) is 4.99. The highest BCUT2D eigenvalue weighted by atomic mass is 19.1. The van der Waals surface area contributed by atoms with Crippen molar-refractivity contribution in [2.24, 2.45) is 0 Å². The number of aryl methyl sites for hydroxylation is 1. The van der Waals surface area contributed by atoms with Crippen LogP contribution in [0.25, 0.3) is 33.5 Å². The van der Waals surface area contributed by atoms with E-state index in [-0.39, 0.29) is 5.56 Å². The minimum Gasteiger partial charge on any atom is -0.465 e. The second-order valence-electron chi connectivity index (χ2n) is 9.70. The third-order valence-electron chi connectivity index (χ3n) is 6.96. The molecule has 0 bridgehead atoms. The summed E-state index contributed by atoms with van der Waals surface area (Å²) in [5, 5.41) is 0.586. The summed E-state index contributed by atoms with van der Waals surface area (Å²) >= 11 is 0. The van der Waals surface area contributed by atoms with Crippen LogP contribution in [0.5, 0.6) is 0 Å². The molecule has 0 aliphatic carbocycles. The predicted molar refractivity (Wildman–Crippen MR) is 167 cm³/mol. The van der Waals surface area contributed by atoms with Gasteiger partial charge in [-0.05, 0) is 29.3 Å². The lowest BCUT2D eigenvalue weighted by atomic mass is 10.0. The second kappa shape index (κ2) is 13.2. The van der Waals surface area contributed by atoms with Crippen LogP contribution in [0.1, 0.15) is 41.2 Å². The van der Waals surface area contributed by atoms with Crippen molar-refractivity contribution in [2.45, 2.75) is 33.9 Å². The standard InChI is InChI=1S/C33H27FN4O3.C2H6/c1-21-35-18-29(41-21)25-15-9-14-24(30(25)34)28-16-26-27(33(39)40-2)17-36-32(31(26)37-28)38(19-22-10-5-3-6-11-22)20-23-12-7-4-8-13-23;1-2/h3-18,37H,19-20H2,1-2H3;1-2H3. The molecule has 6 rings (SSSR count). The fourth-order valence-corrected chi connectivity index (χ4v) is 4.99. The molecule has 0 aliphatic heterocycles. The van der Waals surface area contributed by atoms with Crippen LogP contribution in [0, 0.1) is 12.7 Å². The Bertz CT molecular complexity index is 1790. The first kappa shape index (κ1) is 29.3. The Balaban J connectivity index is 0.00000180. The number of nitrogens with one attached hydrogen (secondary N) is 1. The molecule has 0 radical (unpaired) electrons. The Morgan fingerprint density at radius 1 is 0.884 bits per heavy atom. The van der Waals surface area contributed by atoms with Crippen LogP contribution < -0.4 is 4.90 Å². The SMILES string of the molecule is CC.COC(=O)c1cnc(N(Cc2ccccc2)Cc2ccccc2)c2[nH]c(-c3cccc(-c4cnc(C)o4)c3F)cc12. The number of aromatic amines is 1. The van der Waals surface area contributed by atoms with Crippen molar-refractivity contribution in [2.75, 3.05) is 12.0 Å². The highest BCUT2D eigenvalue weighted by Gasteiger charge is 2.23. The van der Waals surface area contributed by atoms with Crippen molar-refractivity contribution in [1.82, 2.24) is 15.0 Å². The molecule has 6 aromatic rings. The zero-order valence-electron chi connectivity index (χ0n) is 24.6. The molecule has 0 atom stereocenters. The second-order valence-corrected chi connectivity index (χ2v) is 9.70. The number of fused-ring (bicyclic) bond motifs is 1. The summed E-state index contributed by atoms with van der Waals surface area (Å²) in [4.78, 5) is 27.1. The monoisotopic (exact) mass is 576 g/mol. The van der Waals surface area contributed by atoms with Gasteiger partial charge in [-0.3, -0.25) is 0 Å². The normalized spacial score (nSPS) is 10.7. The number of hydrogen-bond acceptors (Lipinski definition) is 6. The number of ether oxygens (including phenoxy) is 1. The summed E-state index contributed by atoms with van der Waals surface area (Å²) in [6.45, 7) is 6.85. The van der Waals surface area contributed by atoms with Gasteiger partial charge in [0.1, 0.15) is 5.82 Å². The molecule has 7 nitrogen and oxygen atoms in total. The summed E-state index contributed by atoms with van der Waals surface area (Å²) in [6, 6.07) is 27.0. The van der Waals surface area contributed by atoms with E-state index in [1.165, 1.54) is 19.5 Å². The molecule has 3 aromatic carbocycles. The van der Waals surface area contributed by atoms with Gasteiger partial charge in [0.25, 0.3) is 0 Å². The number of hydrogen-bond donors (Lipinski definition) is 1. The molecule has 0 unspecified atom stereocenters. The maximum atomic E-state index is 15.9. The summed E-state index contributed by atoms with van der Waals surface area (Å²) in [5.41, 5.74) is 4.21. The van der Waals surface area contributed by atoms with E-state index in [0.29, 0.717) is 58.3 Å². The van der Waals surface area contributed by atoms with Gasteiger partial charge in [0, 0.05) is 42.9 Å². The Hall–Kier alpha value is -5.24. The van der Waals surface area contributed by atoms with Gasteiger partial charge in [-0.15, -0.1) is 0 Å². The number of oxazole rings is 1. The maximum absolute atomic E-state index is 15.9. The molecular weight excluding hydrogens is 543 g/mol. The van der Waals surface area contributed by atoms with Crippen molar-refractivity contribution in [3.8, 4) is 22.6 Å². The molecule has 43 heavy (non-hydrogen) atoms. The van der Waals surface area contributed by atoms with Gasteiger partial charge >= 0.3 is 5.97 Å². The quantitative estimate of drug-likeness (QED) is 0.183. The van der Waals surface area contributed by atoms with Crippen LogP contribution in [0.3, 0.4) is 0 Å². The van der Waals surface area contributed by atoms with Crippen LogP contribution in [0.4, 0.5) is 10.2 Å². The molecule has 3 heterocycles. The Kier molecular flexibility index (Phi) is 8.96. The molecule has 8 heteroatoms. The molecule has 0 saturated carbocycles. The van der Waals surface area contributed by atoms with Gasteiger partial charge in [0.2, 0.25) is 0 Å². The number of anilines is 1. The van der Waals surface area contributed by atoms with E-state index in [9.17, 15) is 4.79 Å². The number of benzene rings is 3. The van der Waals surface area contributed by atoms with Gasteiger partial charge in [-0.2, -0.15) is 0 Å². The minimum atomic E-state index is -0.524. The lowest BCUT2D eigenvalue weighted by Crippen LogP contribution is -2.24. The van der Waals surface area contributed by atoms with Gasteiger partial charge in [0.15, 0.2) is 17.5 Å². The van der Waals surface area contributed by atoms with E-state index < -0.39 is 11.8 Å². The third-order valence-corrected chi connectivity index (χ3v) is 6.96. The lowest BCUT2D eigenvalue weighted by Gasteiger charge is -2.25. The topological polar surface area (TPSA) is 84.2 Å². The predicted octanol–water partition coefficient (Wildman–Crippen LogP) is 8.35. The van der Waals surface area contributed by atoms with E-state index in [1.54, 1.807) is 31.2 Å². The maximum Gasteiger partial charge on any atom is 0.340 e. The zero-order chi connectivity index (χ0) is 30.3. The number of pyridine rings is 1. The summed E-state index contributed by atoms with van der Waals surface area (Å²) in [6.07, 6.45) is 3.03. The molecule has 0 aliphatic rings. The molecule has 0 saturated heterocycles. The Labute approximate surface area is 250 Å². The van der Waals surface area contributed by atoms with E-state index in [2.05, 4.69) is 39.1 Å². The number of halogens is 1. The number of methoxy groups -OCH3 is 1. The van der Waals surface area contributed by atoms with Crippen molar-refractivity contribution in [3.05, 3.63) is 126 Å². The number of nitrogens with zero attached hydrogens (tertiary/aromatic N) is 3. The summed E-state index contributed by atoms with van der Waals surface area (Å²) in [7, 11) is 1.33. The van der Waals surface area contributed by atoms with Gasteiger partial charge < -0.3 is 19.0 Å². The first-order valence-corrected chi connectivity index (χ1v) is 14.2. The van der Waals surface area contributed by atoms with Crippen molar-refractivity contribution < 1.29 is 18.3 Å². The lowest BCUT2D eigenvalue weighted by molar-refractivity contribution is 0.0602. The molecule has 0 fully saturated rings. The average molecular weight is 577 g/mol. The number of H-pyrrole nitrogens is 1. The number of carbonyl (C=O) groups is 1. The Morgan fingerprint density at radius 2 is 1.51 bits per heavy atom. The molecule has 3 aromatic heterocycles. The number of rotatable bonds is 8. The van der Waals surface area contributed by atoms with Crippen LogP contribution in [0.2, 0.25) is 0 Å². The number of esters is 1. The van der Waals surface area contributed by atoms with Crippen LogP contribution in [-0.2, 0) is 17.8 Å². The van der Waals surface area contributed by atoms with Crippen LogP contribution in [0.15, 0.2) is 102 Å². The van der Waals surface area contributed by atoms with Crippen LogP contribution >= 0.6 is 0 Å². The summed E-state index contributed by atoms with van der Waals surface area (Å²) in [5.74, 6) is 0.436. The van der Waals surface area contributed by atoms with Gasteiger partial charge in [0.05, 0.1) is 30.0 Å². The van der Waals surface area contributed by atoms with Crippen molar-refractivity contribution in [1.29, 1.82) is 0 Å². The van der Waals surface area contributed by atoms with Crippen molar-refractivity contribution in [3.63, 3.8) is 0 Å². The van der Waals surface area contributed by atoms with E-state index in [0.717, 1.165) is 11.1 Å². The van der Waals surface area contributed by atoms with Crippen LogP contribution in [-0.4, -0.2) is 28.0 Å². The van der Waals surface area contributed by atoms with Crippen molar-refractivity contribution >= 4 is 22.7 Å². The number of aromatic nitrogens is 3. The Morgan fingerprint density at radius 3 is 2.09 bits per heavy atom. The third kappa shape index (κ3) is 6.18. The first-order valence-electron chi connectivity index (χ1n) is 14.2. The molecule has 0 amide bonds. The largest absolute Gasteiger partial charge is 0.465 e. The number of carbonyl (C=O) groups excluding carboxylic acids is 1. The molecule has 1 N–H and O–H groups in total. The molecule has 0 spiro atoms.